The number of aliphatic hydroxyl groups excluding tert-OH is 2. The third-order valence-corrected chi connectivity index (χ3v) is 5.40. The van der Waals surface area contributed by atoms with E-state index < -0.39 is 18.2 Å². The second-order valence-corrected chi connectivity index (χ2v) is 8.71. The van der Waals surface area contributed by atoms with Crippen LogP contribution < -0.4 is 0 Å². The van der Waals surface area contributed by atoms with E-state index in [2.05, 4.69) is 32.4 Å². The van der Waals surface area contributed by atoms with E-state index in [-0.39, 0.29) is 30.5 Å². The Labute approximate surface area is 190 Å². The van der Waals surface area contributed by atoms with E-state index in [1.54, 1.807) is 18.2 Å². The lowest BCUT2D eigenvalue weighted by Gasteiger charge is -2.22. The molecule has 0 aliphatic heterocycles. The molecule has 0 bridgehead atoms. The Morgan fingerprint density at radius 1 is 1.09 bits per heavy atom. The number of halogens is 1. The summed E-state index contributed by atoms with van der Waals surface area (Å²) in [5.41, 5.74) is 5.56. The Morgan fingerprint density at radius 2 is 1.69 bits per heavy atom. The summed E-state index contributed by atoms with van der Waals surface area (Å²) in [4.78, 5) is 16.3. The van der Waals surface area contributed by atoms with E-state index >= 15 is 0 Å². The first-order chi connectivity index (χ1) is 15.0. The molecular weight excluding hydrogens is 409 g/mol. The van der Waals surface area contributed by atoms with Gasteiger partial charge in [0.15, 0.2) is 0 Å². The summed E-state index contributed by atoms with van der Waals surface area (Å²) in [5, 5.41) is 20.5. The smallest absolute Gasteiger partial charge is 0.308 e. The van der Waals surface area contributed by atoms with Crippen molar-refractivity contribution in [2.75, 3.05) is 7.11 Å². The van der Waals surface area contributed by atoms with E-state index in [0.717, 1.165) is 33.6 Å². The molecule has 0 spiro atoms. The first-order valence-corrected chi connectivity index (χ1v) is 11.0. The number of nitrogens with zero attached hydrogens (tertiary/aromatic N) is 1. The molecule has 0 saturated heterocycles. The number of carbonyl (C=O) groups is 1. The fraction of sp³-hybridized carbons (Fsp3) is 0.462. The molecule has 6 heteroatoms. The molecule has 0 saturated carbocycles. The first-order valence-electron chi connectivity index (χ1n) is 11.0. The molecule has 2 rings (SSSR count). The SMILES string of the molecule is COC(=O)CC(O)CC(O)/C=C/c1c(C(C)C)nc(C(C)C)c(C)c1-c1ccc(F)cc1. The van der Waals surface area contributed by atoms with Crippen molar-refractivity contribution in [3.63, 3.8) is 0 Å². The average molecular weight is 444 g/mol. The number of aliphatic hydroxyl groups is 2. The lowest BCUT2D eigenvalue weighted by molar-refractivity contribution is -0.143. The minimum Gasteiger partial charge on any atom is -0.469 e. The zero-order valence-corrected chi connectivity index (χ0v) is 19.7. The highest BCUT2D eigenvalue weighted by atomic mass is 19.1. The molecule has 32 heavy (non-hydrogen) atoms. The Balaban J connectivity index is 2.54. The summed E-state index contributed by atoms with van der Waals surface area (Å²) in [6.45, 7) is 10.3. The van der Waals surface area contributed by atoms with E-state index in [4.69, 9.17) is 4.98 Å². The second-order valence-electron chi connectivity index (χ2n) is 8.71. The number of aromatic nitrogens is 1. The molecule has 2 aromatic rings. The summed E-state index contributed by atoms with van der Waals surface area (Å²) in [6.07, 6.45) is 1.28. The molecule has 1 aromatic carbocycles. The van der Waals surface area contributed by atoms with Crippen LogP contribution in [0.4, 0.5) is 4.39 Å². The molecule has 5 nitrogen and oxygen atoms in total. The zero-order valence-electron chi connectivity index (χ0n) is 19.7. The van der Waals surface area contributed by atoms with Crippen LogP contribution in [0.15, 0.2) is 30.3 Å². The Bertz CT molecular complexity index is 951. The predicted octanol–water partition coefficient (Wildman–Crippen LogP) is 5.13. The molecule has 2 N–H and O–H groups in total. The maximum atomic E-state index is 13.6. The number of rotatable bonds is 9. The topological polar surface area (TPSA) is 79.7 Å². The fourth-order valence-corrected chi connectivity index (χ4v) is 3.82. The van der Waals surface area contributed by atoms with Crippen molar-refractivity contribution in [2.45, 2.75) is 71.5 Å². The van der Waals surface area contributed by atoms with Crippen LogP contribution in [0.2, 0.25) is 0 Å². The summed E-state index contributed by atoms with van der Waals surface area (Å²) < 4.78 is 18.2. The van der Waals surface area contributed by atoms with Crippen LogP contribution in [0, 0.1) is 12.7 Å². The molecule has 0 aliphatic carbocycles. The number of carbonyl (C=O) groups excluding carboxylic acids is 1. The fourth-order valence-electron chi connectivity index (χ4n) is 3.82. The summed E-state index contributed by atoms with van der Waals surface area (Å²) >= 11 is 0. The number of hydrogen-bond donors (Lipinski definition) is 2. The van der Waals surface area contributed by atoms with Crippen LogP contribution in [0.5, 0.6) is 0 Å². The van der Waals surface area contributed by atoms with Gasteiger partial charge in [-0.1, -0.05) is 52.0 Å². The van der Waals surface area contributed by atoms with Gasteiger partial charge in [-0.2, -0.15) is 0 Å². The van der Waals surface area contributed by atoms with Gasteiger partial charge in [0.25, 0.3) is 0 Å². The number of benzene rings is 1. The highest BCUT2D eigenvalue weighted by Gasteiger charge is 2.21. The second kappa shape index (κ2) is 11.3. The van der Waals surface area contributed by atoms with Gasteiger partial charge in [-0.3, -0.25) is 9.78 Å². The molecule has 1 aromatic heterocycles. The van der Waals surface area contributed by atoms with Crippen molar-refractivity contribution >= 4 is 12.0 Å². The molecule has 0 aliphatic rings. The third kappa shape index (κ3) is 6.47. The van der Waals surface area contributed by atoms with E-state index in [0.29, 0.717) is 0 Å². The van der Waals surface area contributed by atoms with Gasteiger partial charge in [0, 0.05) is 17.7 Å². The molecule has 1 heterocycles. The molecule has 0 radical (unpaired) electrons. The van der Waals surface area contributed by atoms with E-state index in [9.17, 15) is 19.4 Å². The van der Waals surface area contributed by atoms with Gasteiger partial charge in [0.2, 0.25) is 0 Å². The van der Waals surface area contributed by atoms with Crippen LogP contribution in [0.3, 0.4) is 0 Å². The Morgan fingerprint density at radius 3 is 2.22 bits per heavy atom. The van der Waals surface area contributed by atoms with E-state index in [1.807, 2.05) is 13.0 Å². The number of pyridine rings is 1. The monoisotopic (exact) mass is 443 g/mol. The lowest BCUT2D eigenvalue weighted by Crippen LogP contribution is -2.20. The van der Waals surface area contributed by atoms with Gasteiger partial charge in [-0.15, -0.1) is 0 Å². The first kappa shape index (κ1) is 25.7. The summed E-state index contributed by atoms with van der Waals surface area (Å²) in [5.74, 6) is -0.503. The van der Waals surface area contributed by atoms with Crippen LogP contribution in [-0.2, 0) is 9.53 Å². The van der Waals surface area contributed by atoms with Crippen LogP contribution in [-0.4, -0.2) is 40.5 Å². The Kier molecular flexibility index (Phi) is 9.10. The minimum atomic E-state index is -1.01. The predicted molar refractivity (Wildman–Crippen MR) is 125 cm³/mol. The maximum absolute atomic E-state index is 13.6. The molecule has 174 valence electrons. The van der Waals surface area contributed by atoms with Gasteiger partial charge in [0.1, 0.15) is 5.82 Å². The van der Waals surface area contributed by atoms with Crippen molar-refractivity contribution < 1.29 is 24.1 Å². The average Bonchev–Trinajstić information content (AvgIpc) is 2.72. The molecule has 2 atom stereocenters. The van der Waals surface area contributed by atoms with Gasteiger partial charge < -0.3 is 14.9 Å². The van der Waals surface area contributed by atoms with Crippen molar-refractivity contribution in [3.8, 4) is 11.1 Å². The number of esters is 1. The lowest BCUT2D eigenvalue weighted by atomic mass is 9.87. The maximum Gasteiger partial charge on any atom is 0.308 e. The highest BCUT2D eigenvalue weighted by molar-refractivity contribution is 5.80. The minimum absolute atomic E-state index is 0.00494. The van der Waals surface area contributed by atoms with Gasteiger partial charge in [0.05, 0.1) is 31.4 Å². The van der Waals surface area contributed by atoms with Crippen molar-refractivity contribution in [1.29, 1.82) is 0 Å². The zero-order chi connectivity index (χ0) is 24.0. The summed E-state index contributed by atoms with van der Waals surface area (Å²) in [6, 6.07) is 6.37. The molecular formula is C26H34FNO4. The normalized spacial score (nSPS) is 13.7. The van der Waals surface area contributed by atoms with Crippen molar-refractivity contribution in [2.24, 2.45) is 0 Å². The molecule has 2 unspecified atom stereocenters. The summed E-state index contributed by atoms with van der Waals surface area (Å²) in [7, 11) is 1.26. The van der Waals surface area contributed by atoms with Gasteiger partial charge in [-0.25, -0.2) is 4.39 Å². The van der Waals surface area contributed by atoms with Gasteiger partial charge in [-0.05, 0) is 47.6 Å². The van der Waals surface area contributed by atoms with Crippen molar-refractivity contribution in [3.05, 3.63) is 58.7 Å². The van der Waals surface area contributed by atoms with Crippen molar-refractivity contribution in [1.82, 2.24) is 4.98 Å². The van der Waals surface area contributed by atoms with Gasteiger partial charge >= 0.3 is 5.97 Å². The van der Waals surface area contributed by atoms with Crippen LogP contribution in [0.1, 0.15) is 74.9 Å². The number of hydrogen-bond acceptors (Lipinski definition) is 5. The number of ether oxygens (including phenoxy) is 1. The third-order valence-electron chi connectivity index (χ3n) is 5.40. The molecule has 0 amide bonds. The highest BCUT2D eigenvalue weighted by Crippen LogP contribution is 2.37. The Hall–Kier alpha value is -2.57. The van der Waals surface area contributed by atoms with Crippen LogP contribution in [0.25, 0.3) is 17.2 Å². The standard InChI is InChI=1S/C26H34FNO4/c1-15(2)25-17(5)24(18-7-9-19(27)10-8-18)22(26(28-25)16(3)4)12-11-20(29)13-21(30)14-23(31)32-6/h7-12,15-16,20-21,29-30H,13-14H2,1-6H3/b12-11+. The quantitative estimate of drug-likeness (QED) is 0.525. The number of methoxy groups -OCH3 is 1. The molecule has 0 fully saturated rings. The van der Waals surface area contributed by atoms with E-state index in [1.165, 1.54) is 19.2 Å². The van der Waals surface area contributed by atoms with Crippen LogP contribution >= 0.6 is 0 Å². The largest absolute Gasteiger partial charge is 0.469 e.